The van der Waals surface area contributed by atoms with Gasteiger partial charge < -0.3 is 4.74 Å². The van der Waals surface area contributed by atoms with Gasteiger partial charge in [0.1, 0.15) is 12.4 Å². The Balaban J connectivity index is 1.86. The normalized spacial score (nSPS) is 10.6. The van der Waals surface area contributed by atoms with E-state index in [1.54, 1.807) is 6.07 Å². The molecule has 0 bridgehead atoms. The second-order valence-corrected chi connectivity index (χ2v) is 5.64. The topological polar surface area (TPSA) is 42.8 Å². The molecule has 112 valence electrons. The number of para-hydroxylation sites is 1. The molecule has 3 rings (SSSR count). The molecule has 3 aromatic rings. The van der Waals surface area contributed by atoms with Gasteiger partial charge in [0.05, 0.1) is 0 Å². The lowest BCUT2D eigenvalue weighted by atomic mass is 10.2. The number of hydrogen-bond acceptors (Lipinski definition) is 3. The average molecular weight is 332 g/mol. The van der Waals surface area contributed by atoms with Crippen molar-refractivity contribution in [2.75, 3.05) is 0 Å². The van der Waals surface area contributed by atoms with Crippen LogP contribution in [0.3, 0.4) is 0 Å². The third-order valence-corrected chi connectivity index (χ3v) is 3.76. The van der Waals surface area contributed by atoms with E-state index in [9.17, 15) is 0 Å². The summed E-state index contributed by atoms with van der Waals surface area (Å²) in [7, 11) is 0. The fourth-order valence-electron chi connectivity index (χ4n) is 2.19. The van der Waals surface area contributed by atoms with Crippen molar-refractivity contribution in [2.24, 2.45) is 0 Å². The predicted octanol–water partition coefficient (Wildman–Crippen LogP) is 4.47. The number of aromatic nitrogens is 3. The van der Waals surface area contributed by atoms with Crippen molar-refractivity contribution in [1.82, 2.24) is 14.8 Å². The number of aromatic amines is 1. The summed E-state index contributed by atoms with van der Waals surface area (Å²) in [5, 5.41) is 7.75. The molecule has 2 aromatic carbocycles. The summed E-state index contributed by atoms with van der Waals surface area (Å²) in [5.41, 5.74) is 1.93. The molecule has 1 N–H and O–H groups in total. The predicted molar refractivity (Wildman–Crippen MR) is 89.3 cm³/mol. The fourth-order valence-corrected chi connectivity index (χ4v) is 2.67. The van der Waals surface area contributed by atoms with Crippen LogP contribution in [-0.4, -0.2) is 14.8 Å². The van der Waals surface area contributed by atoms with Crippen LogP contribution in [0.25, 0.3) is 5.69 Å². The number of nitrogens with zero attached hydrogens (tertiary/aromatic N) is 2. The van der Waals surface area contributed by atoms with Gasteiger partial charge in [0.2, 0.25) is 0 Å². The third-order valence-electron chi connectivity index (χ3n) is 3.25. The number of H-pyrrole nitrogens is 1. The molecule has 22 heavy (non-hydrogen) atoms. The first-order valence-electron chi connectivity index (χ1n) is 6.76. The van der Waals surface area contributed by atoms with Crippen molar-refractivity contribution < 1.29 is 4.74 Å². The minimum atomic E-state index is 0.310. The van der Waals surface area contributed by atoms with Gasteiger partial charge in [-0.15, -0.1) is 0 Å². The van der Waals surface area contributed by atoms with E-state index in [1.807, 2.05) is 54.0 Å². The van der Waals surface area contributed by atoms with E-state index in [0.717, 1.165) is 17.0 Å². The minimum absolute atomic E-state index is 0.310. The van der Waals surface area contributed by atoms with Gasteiger partial charge in [-0.05, 0) is 55.0 Å². The molecule has 0 atom stereocenters. The molecule has 0 saturated heterocycles. The molecule has 1 heterocycles. The molecule has 4 nitrogen and oxygen atoms in total. The van der Waals surface area contributed by atoms with Gasteiger partial charge in [0.25, 0.3) is 0 Å². The second kappa shape index (κ2) is 6.34. The summed E-state index contributed by atoms with van der Waals surface area (Å²) < 4.78 is 8.25. The van der Waals surface area contributed by atoms with Gasteiger partial charge in [-0.2, -0.15) is 5.10 Å². The SMILES string of the molecule is Cc1cc(Cl)ccc1OCc1n[nH]c(=S)n1-c1ccccc1. The van der Waals surface area contributed by atoms with Crippen molar-refractivity contribution in [3.63, 3.8) is 0 Å². The Morgan fingerprint density at radius 3 is 2.73 bits per heavy atom. The smallest absolute Gasteiger partial charge is 0.199 e. The zero-order valence-corrected chi connectivity index (χ0v) is 13.5. The van der Waals surface area contributed by atoms with Crippen LogP contribution >= 0.6 is 23.8 Å². The lowest BCUT2D eigenvalue weighted by Crippen LogP contribution is -2.06. The van der Waals surface area contributed by atoms with Gasteiger partial charge in [0, 0.05) is 10.7 Å². The summed E-state index contributed by atoms with van der Waals surface area (Å²) >= 11 is 11.3. The van der Waals surface area contributed by atoms with Gasteiger partial charge in [-0.25, -0.2) is 0 Å². The van der Waals surface area contributed by atoms with Crippen molar-refractivity contribution in [3.8, 4) is 11.4 Å². The van der Waals surface area contributed by atoms with Crippen molar-refractivity contribution in [2.45, 2.75) is 13.5 Å². The molecular formula is C16H14ClN3OS. The zero-order chi connectivity index (χ0) is 15.5. The number of hydrogen-bond donors (Lipinski definition) is 1. The van der Waals surface area contributed by atoms with E-state index in [4.69, 9.17) is 28.6 Å². The van der Waals surface area contributed by atoms with Crippen LogP contribution in [-0.2, 0) is 6.61 Å². The molecule has 0 unspecified atom stereocenters. The summed E-state index contributed by atoms with van der Waals surface area (Å²) in [4.78, 5) is 0. The van der Waals surface area contributed by atoms with E-state index in [2.05, 4.69) is 10.2 Å². The van der Waals surface area contributed by atoms with E-state index in [0.29, 0.717) is 22.2 Å². The first-order chi connectivity index (χ1) is 10.6. The lowest BCUT2D eigenvalue weighted by Gasteiger charge is -2.10. The maximum absolute atomic E-state index is 5.95. The first kappa shape index (κ1) is 14.8. The largest absolute Gasteiger partial charge is 0.485 e. The average Bonchev–Trinajstić information content (AvgIpc) is 2.88. The molecule has 0 aliphatic heterocycles. The molecule has 0 spiro atoms. The quantitative estimate of drug-likeness (QED) is 0.717. The van der Waals surface area contributed by atoms with E-state index < -0.39 is 0 Å². The molecule has 0 aliphatic rings. The number of nitrogens with one attached hydrogen (secondary N) is 1. The number of ether oxygens (including phenoxy) is 1. The molecule has 0 aliphatic carbocycles. The number of benzene rings is 2. The summed E-state index contributed by atoms with van der Waals surface area (Å²) in [6, 6.07) is 15.3. The standard InChI is InChI=1S/C16H14ClN3OS/c1-11-9-12(17)7-8-14(11)21-10-15-18-19-16(22)20(15)13-5-3-2-4-6-13/h2-9H,10H2,1H3,(H,19,22). The summed E-state index contributed by atoms with van der Waals surface area (Å²) in [6.07, 6.45) is 0. The number of halogens is 1. The van der Waals surface area contributed by atoms with Crippen LogP contribution in [0.4, 0.5) is 0 Å². The Hall–Kier alpha value is -2.11. The van der Waals surface area contributed by atoms with Crippen molar-refractivity contribution in [1.29, 1.82) is 0 Å². The van der Waals surface area contributed by atoms with Crippen LogP contribution in [0.2, 0.25) is 5.02 Å². The Morgan fingerprint density at radius 2 is 2.00 bits per heavy atom. The number of aryl methyl sites for hydroxylation is 1. The van der Waals surface area contributed by atoms with Crippen LogP contribution in [0.1, 0.15) is 11.4 Å². The van der Waals surface area contributed by atoms with Crippen molar-refractivity contribution >= 4 is 23.8 Å². The molecule has 0 amide bonds. The Kier molecular flexibility index (Phi) is 4.27. The van der Waals surface area contributed by atoms with E-state index in [-0.39, 0.29) is 0 Å². The van der Waals surface area contributed by atoms with Gasteiger partial charge >= 0.3 is 0 Å². The van der Waals surface area contributed by atoms with E-state index >= 15 is 0 Å². The molecule has 0 fully saturated rings. The monoisotopic (exact) mass is 331 g/mol. The fraction of sp³-hybridized carbons (Fsp3) is 0.125. The third kappa shape index (κ3) is 3.05. The first-order valence-corrected chi connectivity index (χ1v) is 7.54. The summed E-state index contributed by atoms with van der Waals surface area (Å²) in [5.74, 6) is 1.49. The summed E-state index contributed by atoms with van der Waals surface area (Å²) in [6.45, 7) is 2.26. The zero-order valence-electron chi connectivity index (χ0n) is 11.9. The Labute approximate surface area is 138 Å². The van der Waals surface area contributed by atoms with E-state index in [1.165, 1.54) is 0 Å². The molecule has 0 radical (unpaired) electrons. The highest BCUT2D eigenvalue weighted by Gasteiger charge is 2.09. The Morgan fingerprint density at radius 1 is 1.23 bits per heavy atom. The molecule has 1 aromatic heterocycles. The van der Waals surface area contributed by atoms with Gasteiger partial charge in [-0.1, -0.05) is 29.8 Å². The highest BCUT2D eigenvalue weighted by Crippen LogP contribution is 2.23. The van der Waals surface area contributed by atoms with Crippen LogP contribution in [0.15, 0.2) is 48.5 Å². The second-order valence-electron chi connectivity index (χ2n) is 4.81. The highest BCUT2D eigenvalue weighted by molar-refractivity contribution is 7.71. The minimum Gasteiger partial charge on any atom is -0.485 e. The highest BCUT2D eigenvalue weighted by atomic mass is 35.5. The van der Waals surface area contributed by atoms with Crippen LogP contribution in [0, 0.1) is 11.7 Å². The molecule has 0 saturated carbocycles. The molecular weight excluding hydrogens is 318 g/mol. The van der Waals surface area contributed by atoms with Gasteiger partial charge in [0.15, 0.2) is 10.6 Å². The Bertz CT molecular complexity index is 842. The molecule has 6 heteroatoms. The maximum Gasteiger partial charge on any atom is 0.199 e. The maximum atomic E-state index is 5.95. The number of rotatable bonds is 4. The van der Waals surface area contributed by atoms with Crippen LogP contribution < -0.4 is 4.74 Å². The van der Waals surface area contributed by atoms with Gasteiger partial charge in [-0.3, -0.25) is 9.67 Å². The van der Waals surface area contributed by atoms with Crippen LogP contribution in [0.5, 0.6) is 5.75 Å². The lowest BCUT2D eigenvalue weighted by molar-refractivity contribution is 0.291. The van der Waals surface area contributed by atoms with Crippen molar-refractivity contribution in [3.05, 3.63) is 69.7 Å².